The van der Waals surface area contributed by atoms with Crippen molar-refractivity contribution in [3.8, 4) is 17.2 Å². The van der Waals surface area contributed by atoms with Crippen LogP contribution in [0.2, 0.25) is 5.02 Å². The van der Waals surface area contributed by atoms with E-state index in [2.05, 4.69) is 4.99 Å². The number of fused-ring (bicyclic) bond motifs is 2. The molecule has 3 rings (SSSR count). The fraction of sp³-hybridized carbons (Fsp3) is 0.0714. The van der Waals surface area contributed by atoms with Gasteiger partial charge in [-0.15, -0.1) is 0 Å². The highest BCUT2D eigenvalue weighted by Gasteiger charge is 2.17. The summed E-state index contributed by atoms with van der Waals surface area (Å²) in [5.74, 6) is 1.95. The molecule has 1 aliphatic heterocycles. The molecule has 5 heteroatoms. The summed E-state index contributed by atoms with van der Waals surface area (Å²) < 4.78 is 11.0. The van der Waals surface area contributed by atoms with Gasteiger partial charge in [-0.25, -0.2) is 4.99 Å². The highest BCUT2D eigenvalue weighted by atomic mass is 35.5. The summed E-state index contributed by atoms with van der Waals surface area (Å²) in [6.45, 7) is 0. The molecule has 96 valence electrons. The standard InChI is InChI=1S/C14H9Cl2NO2/c1-18-9-3-5-13-11(7-9)17-14(16)10-6-8(15)2-4-12(10)19-13/h2-7H,1H3. The molecule has 0 saturated heterocycles. The maximum Gasteiger partial charge on any atom is 0.153 e. The quantitative estimate of drug-likeness (QED) is 0.758. The third kappa shape index (κ3) is 2.27. The van der Waals surface area contributed by atoms with E-state index in [4.69, 9.17) is 32.7 Å². The van der Waals surface area contributed by atoms with Gasteiger partial charge in [-0.1, -0.05) is 23.2 Å². The Morgan fingerprint density at radius 2 is 1.84 bits per heavy atom. The van der Waals surface area contributed by atoms with Gasteiger partial charge in [-0.05, 0) is 30.3 Å². The van der Waals surface area contributed by atoms with Crippen LogP contribution in [0.3, 0.4) is 0 Å². The number of benzene rings is 2. The molecular weight excluding hydrogens is 285 g/mol. The minimum absolute atomic E-state index is 0.338. The normalized spacial score (nSPS) is 12.7. The zero-order valence-electron chi connectivity index (χ0n) is 9.98. The van der Waals surface area contributed by atoms with E-state index in [0.717, 1.165) is 0 Å². The lowest BCUT2D eigenvalue weighted by Gasteiger charge is -2.09. The van der Waals surface area contributed by atoms with Crippen LogP contribution < -0.4 is 9.47 Å². The Labute approximate surface area is 120 Å². The lowest BCUT2D eigenvalue weighted by molar-refractivity contribution is 0.413. The van der Waals surface area contributed by atoms with E-state index in [0.29, 0.717) is 38.7 Å². The summed E-state index contributed by atoms with van der Waals surface area (Å²) in [7, 11) is 1.60. The molecule has 2 aromatic rings. The van der Waals surface area contributed by atoms with Gasteiger partial charge in [-0.3, -0.25) is 0 Å². The predicted octanol–water partition coefficient (Wildman–Crippen LogP) is 4.77. The summed E-state index contributed by atoms with van der Waals surface area (Å²) >= 11 is 12.2. The number of hydrogen-bond acceptors (Lipinski definition) is 3. The van der Waals surface area contributed by atoms with Crippen LogP contribution in [0.1, 0.15) is 5.56 Å². The van der Waals surface area contributed by atoms with Crippen LogP contribution in [0.15, 0.2) is 41.4 Å². The molecule has 0 saturated carbocycles. The van der Waals surface area contributed by atoms with Gasteiger partial charge in [0.05, 0.1) is 12.7 Å². The molecule has 0 atom stereocenters. The van der Waals surface area contributed by atoms with E-state index >= 15 is 0 Å². The molecule has 0 unspecified atom stereocenters. The first-order valence-corrected chi connectivity index (χ1v) is 6.33. The van der Waals surface area contributed by atoms with Crippen LogP contribution in [0.4, 0.5) is 5.69 Å². The second kappa shape index (κ2) is 4.76. The Morgan fingerprint density at radius 3 is 2.63 bits per heavy atom. The Bertz CT molecular complexity index is 683. The van der Waals surface area contributed by atoms with E-state index in [1.165, 1.54) is 0 Å². The maximum atomic E-state index is 6.22. The molecule has 0 aromatic heterocycles. The Balaban J connectivity index is 2.18. The van der Waals surface area contributed by atoms with Gasteiger partial charge in [0.2, 0.25) is 0 Å². The Morgan fingerprint density at radius 1 is 1.05 bits per heavy atom. The second-order valence-electron chi connectivity index (χ2n) is 3.98. The van der Waals surface area contributed by atoms with Gasteiger partial charge >= 0.3 is 0 Å². The van der Waals surface area contributed by atoms with Crippen molar-refractivity contribution in [2.24, 2.45) is 4.99 Å². The van der Waals surface area contributed by atoms with E-state index in [-0.39, 0.29) is 0 Å². The fourth-order valence-electron chi connectivity index (χ4n) is 1.83. The molecular formula is C14H9Cl2NO2. The van der Waals surface area contributed by atoms with Gasteiger partial charge in [0.25, 0.3) is 0 Å². The molecule has 0 bridgehead atoms. The van der Waals surface area contributed by atoms with Crippen molar-refractivity contribution in [3.05, 3.63) is 47.0 Å². The van der Waals surface area contributed by atoms with Crippen LogP contribution in [0.5, 0.6) is 17.2 Å². The molecule has 0 aliphatic carbocycles. The summed E-state index contributed by atoms with van der Waals surface area (Å²) in [5, 5.41) is 0.920. The average Bonchev–Trinajstić information content (AvgIpc) is 2.54. The van der Waals surface area contributed by atoms with Crippen LogP contribution >= 0.6 is 23.2 Å². The number of halogens is 2. The first kappa shape index (κ1) is 12.3. The zero-order chi connectivity index (χ0) is 13.4. The van der Waals surface area contributed by atoms with Gasteiger partial charge in [-0.2, -0.15) is 0 Å². The molecule has 19 heavy (non-hydrogen) atoms. The number of rotatable bonds is 1. The van der Waals surface area contributed by atoms with Crippen molar-refractivity contribution >= 4 is 34.1 Å². The lowest BCUT2D eigenvalue weighted by atomic mass is 10.2. The summed E-state index contributed by atoms with van der Waals surface area (Å²) in [6.07, 6.45) is 0. The smallest absolute Gasteiger partial charge is 0.153 e. The largest absolute Gasteiger partial charge is 0.497 e. The molecule has 3 nitrogen and oxygen atoms in total. The molecule has 0 spiro atoms. The van der Waals surface area contributed by atoms with Crippen LogP contribution in [-0.2, 0) is 0 Å². The van der Waals surface area contributed by atoms with Gasteiger partial charge < -0.3 is 9.47 Å². The second-order valence-corrected chi connectivity index (χ2v) is 4.77. The third-order valence-electron chi connectivity index (χ3n) is 2.77. The predicted molar refractivity (Wildman–Crippen MR) is 76.6 cm³/mol. The summed E-state index contributed by atoms with van der Waals surface area (Å²) in [4.78, 5) is 4.35. The van der Waals surface area contributed by atoms with Crippen LogP contribution in [0, 0.1) is 0 Å². The van der Waals surface area contributed by atoms with Crippen molar-refractivity contribution in [2.75, 3.05) is 7.11 Å². The number of hydrogen-bond donors (Lipinski definition) is 0. The fourth-order valence-corrected chi connectivity index (χ4v) is 2.25. The summed E-state index contributed by atoms with van der Waals surface area (Å²) in [5.41, 5.74) is 1.29. The Kier molecular flexibility index (Phi) is 3.09. The number of aliphatic imine (C=N–C) groups is 1. The van der Waals surface area contributed by atoms with Gasteiger partial charge in [0.1, 0.15) is 22.4 Å². The molecule has 0 fully saturated rings. The Hall–Kier alpha value is -1.71. The first-order valence-electron chi connectivity index (χ1n) is 5.57. The minimum Gasteiger partial charge on any atom is -0.497 e. The first-order chi connectivity index (χ1) is 9.17. The molecule has 2 aromatic carbocycles. The van der Waals surface area contributed by atoms with Crippen LogP contribution in [-0.4, -0.2) is 12.3 Å². The molecule has 0 radical (unpaired) electrons. The average molecular weight is 294 g/mol. The monoisotopic (exact) mass is 293 g/mol. The van der Waals surface area contributed by atoms with Crippen molar-refractivity contribution in [2.45, 2.75) is 0 Å². The van der Waals surface area contributed by atoms with Gasteiger partial charge in [0, 0.05) is 11.1 Å². The van der Waals surface area contributed by atoms with E-state index < -0.39 is 0 Å². The minimum atomic E-state index is 0.338. The number of methoxy groups -OCH3 is 1. The zero-order valence-corrected chi connectivity index (χ0v) is 11.5. The van der Waals surface area contributed by atoms with Crippen molar-refractivity contribution in [1.29, 1.82) is 0 Å². The van der Waals surface area contributed by atoms with Crippen molar-refractivity contribution in [3.63, 3.8) is 0 Å². The molecule has 0 amide bonds. The van der Waals surface area contributed by atoms with E-state index in [1.807, 2.05) is 6.07 Å². The van der Waals surface area contributed by atoms with Gasteiger partial charge in [0.15, 0.2) is 5.75 Å². The highest BCUT2D eigenvalue weighted by Crippen LogP contribution is 2.40. The SMILES string of the molecule is COc1ccc2c(c1)N=C(Cl)c1cc(Cl)ccc1O2. The number of ether oxygens (including phenoxy) is 2. The van der Waals surface area contributed by atoms with Crippen molar-refractivity contribution in [1.82, 2.24) is 0 Å². The number of nitrogens with zero attached hydrogens (tertiary/aromatic N) is 1. The topological polar surface area (TPSA) is 30.8 Å². The highest BCUT2D eigenvalue weighted by molar-refractivity contribution is 6.70. The molecule has 1 aliphatic rings. The molecule has 1 heterocycles. The van der Waals surface area contributed by atoms with Crippen LogP contribution in [0.25, 0.3) is 0 Å². The lowest BCUT2D eigenvalue weighted by Crippen LogP contribution is -1.92. The van der Waals surface area contributed by atoms with E-state index in [9.17, 15) is 0 Å². The molecule has 0 N–H and O–H groups in total. The van der Waals surface area contributed by atoms with Crippen molar-refractivity contribution < 1.29 is 9.47 Å². The van der Waals surface area contributed by atoms with E-state index in [1.54, 1.807) is 37.4 Å². The summed E-state index contributed by atoms with van der Waals surface area (Å²) in [6, 6.07) is 10.6. The maximum absolute atomic E-state index is 6.22. The third-order valence-corrected chi connectivity index (χ3v) is 3.29.